The topological polar surface area (TPSA) is 12.4 Å². The molecule has 0 unspecified atom stereocenters. The molecule has 0 aromatic heterocycles. The molecule has 0 spiro atoms. The number of hydrogen-bond acceptors (Lipinski definition) is 1. The van der Waals surface area contributed by atoms with Crippen LogP contribution in [0, 0.1) is 0 Å². The van der Waals surface area contributed by atoms with E-state index in [1.165, 1.54) is 0 Å². The summed E-state index contributed by atoms with van der Waals surface area (Å²) in [7, 11) is 0. The van der Waals surface area contributed by atoms with Gasteiger partial charge in [0.15, 0.2) is 0 Å². The Morgan fingerprint density at radius 3 is 2.00 bits per heavy atom. The summed E-state index contributed by atoms with van der Waals surface area (Å²) in [6.45, 7) is 13.5. The Hall–Kier alpha value is -0.850. The Bertz CT molecular complexity index is 152. The van der Waals surface area contributed by atoms with E-state index >= 15 is 0 Å². The van der Waals surface area contributed by atoms with Gasteiger partial charge in [0.1, 0.15) is 0 Å². The summed E-state index contributed by atoms with van der Waals surface area (Å²) in [5.41, 5.74) is 1.86. The maximum Gasteiger partial charge on any atom is 0.0372 e. The largest absolute Gasteiger partial charge is 0.259 e. The molecular weight excluding hydrogens is 134 g/mol. The van der Waals surface area contributed by atoms with Gasteiger partial charge in [-0.05, 0) is 26.8 Å². The summed E-state index contributed by atoms with van der Waals surface area (Å²) in [6, 6.07) is 0. The molecule has 0 bridgehead atoms. The molecule has 0 aromatic carbocycles. The van der Waals surface area contributed by atoms with Gasteiger partial charge in [0, 0.05) is 11.4 Å². The quantitative estimate of drug-likeness (QED) is 0.538. The third kappa shape index (κ3) is 12.4. The van der Waals surface area contributed by atoms with E-state index in [9.17, 15) is 0 Å². The molecule has 11 heavy (non-hydrogen) atoms. The second-order valence-electron chi connectivity index (χ2n) is 1.99. The summed E-state index contributed by atoms with van der Waals surface area (Å²) >= 11 is 0. The average molecular weight is 153 g/mol. The molecule has 0 atom stereocenters. The van der Waals surface area contributed by atoms with E-state index in [1.54, 1.807) is 0 Å². The first-order valence-corrected chi connectivity index (χ1v) is 4.00. The van der Waals surface area contributed by atoms with E-state index in [1.807, 2.05) is 46.8 Å². The second kappa shape index (κ2) is 9.15. The van der Waals surface area contributed by atoms with E-state index in [0.29, 0.717) is 0 Å². The summed E-state index contributed by atoms with van der Waals surface area (Å²) in [4.78, 5) is 4.10. The molecule has 0 radical (unpaired) electrons. The molecule has 0 aromatic rings. The zero-order chi connectivity index (χ0) is 9.28. The first kappa shape index (κ1) is 12.8. The van der Waals surface area contributed by atoms with Gasteiger partial charge < -0.3 is 0 Å². The number of allylic oxidation sites excluding steroid dienone is 3. The lowest BCUT2D eigenvalue weighted by atomic mass is 10.4. The van der Waals surface area contributed by atoms with Crippen LogP contribution in [0.25, 0.3) is 0 Å². The van der Waals surface area contributed by atoms with Gasteiger partial charge in [-0.1, -0.05) is 26.5 Å². The standard InChI is InChI=1S/C8H13N.C2H6/c1-5-6-8(4)9-7(2)3;1-2/h5-6H,2H2,1,3-4H3;1-2H3/b6-5-,9-8?;. The third-order valence-electron chi connectivity index (χ3n) is 0.775. The van der Waals surface area contributed by atoms with Crippen molar-refractivity contribution < 1.29 is 0 Å². The van der Waals surface area contributed by atoms with Crippen LogP contribution in [-0.2, 0) is 0 Å². The second-order valence-corrected chi connectivity index (χ2v) is 1.99. The summed E-state index contributed by atoms with van der Waals surface area (Å²) in [5, 5.41) is 0. The van der Waals surface area contributed by atoms with Crippen LogP contribution in [-0.4, -0.2) is 5.71 Å². The SMILES string of the molecule is C=C(C)N=C(C)/C=C\C.CC. The van der Waals surface area contributed by atoms with Crippen LogP contribution in [0.3, 0.4) is 0 Å². The van der Waals surface area contributed by atoms with Crippen LogP contribution in [0.2, 0.25) is 0 Å². The minimum absolute atomic E-state index is 0.852. The van der Waals surface area contributed by atoms with E-state index in [4.69, 9.17) is 0 Å². The molecule has 0 aliphatic heterocycles. The van der Waals surface area contributed by atoms with Crippen LogP contribution in [0.5, 0.6) is 0 Å². The van der Waals surface area contributed by atoms with E-state index in [0.717, 1.165) is 11.4 Å². The first-order valence-electron chi connectivity index (χ1n) is 4.00. The normalized spacial score (nSPS) is 10.8. The predicted molar refractivity (Wildman–Crippen MR) is 54.1 cm³/mol. The average Bonchev–Trinajstić information content (AvgIpc) is 1.91. The fourth-order valence-corrected chi connectivity index (χ4v) is 0.580. The molecule has 0 heterocycles. The van der Waals surface area contributed by atoms with Crippen LogP contribution < -0.4 is 0 Å². The summed E-state index contributed by atoms with van der Waals surface area (Å²) in [6.07, 6.45) is 3.91. The molecule has 0 aliphatic rings. The van der Waals surface area contributed by atoms with Gasteiger partial charge in [0.05, 0.1) is 0 Å². The molecule has 1 heteroatoms. The molecular formula is C10H19N. The Morgan fingerprint density at radius 1 is 1.27 bits per heavy atom. The van der Waals surface area contributed by atoms with Gasteiger partial charge in [-0.15, -0.1) is 0 Å². The predicted octanol–water partition coefficient (Wildman–Crippen LogP) is 3.58. The highest BCUT2D eigenvalue weighted by molar-refractivity contribution is 5.93. The van der Waals surface area contributed by atoms with Crippen LogP contribution in [0.15, 0.2) is 29.4 Å². The Labute approximate surface area is 70.5 Å². The van der Waals surface area contributed by atoms with Gasteiger partial charge in [0.2, 0.25) is 0 Å². The maximum absolute atomic E-state index is 4.10. The first-order chi connectivity index (χ1) is 5.16. The molecule has 1 nitrogen and oxygen atoms in total. The van der Waals surface area contributed by atoms with E-state index in [-0.39, 0.29) is 0 Å². The molecule has 0 fully saturated rings. The molecule has 0 saturated heterocycles. The van der Waals surface area contributed by atoms with Crippen molar-refractivity contribution in [2.75, 3.05) is 0 Å². The summed E-state index contributed by atoms with van der Waals surface area (Å²) in [5.74, 6) is 0. The molecule has 0 rings (SSSR count). The number of rotatable bonds is 2. The van der Waals surface area contributed by atoms with Crippen molar-refractivity contribution in [3.8, 4) is 0 Å². The zero-order valence-corrected chi connectivity index (χ0v) is 8.31. The Balaban J connectivity index is 0. The molecule has 0 aliphatic carbocycles. The highest BCUT2D eigenvalue weighted by Gasteiger charge is 1.79. The van der Waals surface area contributed by atoms with Crippen molar-refractivity contribution in [1.29, 1.82) is 0 Å². The van der Waals surface area contributed by atoms with E-state index < -0.39 is 0 Å². The minimum Gasteiger partial charge on any atom is -0.259 e. The highest BCUT2D eigenvalue weighted by atomic mass is 14.7. The number of hydrogen-bond donors (Lipinski definition) is 0. The monoisotopic (exact) mass is 153 g/mol. The van der Waals surface area contributed by atoms with Crippen LogP contribution >= 0.6 is 0 Å². The molecule has 64 valence electrons. The smallest absolute Gasteiger partial charge is 0.0372 e. The van der Waals surface area contributed by atoms with Gasteiger partial charge >= 0.3 is 0 Å². The van der Waals surface area contributed by atoms with Crippen molar-refractivity contribution in [3.05, 3.63) is 24.4 Å². The lowest BCUT2D eigenvalue weighted by molar-refractivity contribution is 1.32. The van der Waals surface area contributed by atoms with Gasteiger partial charge in [-0.3, -0.25) is 4.99 Å². The van der Waals surface area contributed by atoms with Crippen molar-refractivity contribution in [1.82, 2.24) is 0 Å². The fraction of sp³-hybridized carbons (Fsp3) is 0.500. The van der Waals surface area contributed by atoms with Crippen LogP contribution in [0.1, 0.15) is 34.6 Å². The van der Waals surface area contributed by atoms with Crippen molar-refractivity contribution in [2.24, 2.45) is 4.99 Å². The Morgan fingerprint density at radius 2 is 1.73 bits per heavy atom. The van der Waals surface area contributed by atoms with Gasteiger partial charge in [0.25, 0.3) is 0 Å². The van der Waals surface area contributed by atoms with E-state index in [2.05, 4.69) is 11.6 Å². The number of aliphatic imine (C=N–C) groups is 1. The minimum atomic E-state index is 0.852. The van der Waals surface area contributed by atoms with Crippen molar-refractivity contribution in [3.63, 3.8) is 0 Å². The fourth-order valence-electron chi connectivity index (χ4n) is 0.580. The third-order valence-corrected chi connectivity index (χ3v) is 0.775. The Kier molecular flexibility index (Phi) is 10.6. The van der Waals surface area contributed by atoms with Crippen LogP contribution in [0.4, 0.5) is 0 Å². The number of nitrogens with zero attached hydrogens (tertiary/aromatic N) is 1. The molecule has 0 amide bonds. The van der Waals surface area contributed by atoms with Crippen molar-refractivity contribution >= 4 is 5.71 Å². The van der Waals surface area contributed by atoms with Gasteiger partial charge in [-0.2, -0.15) is 0 Å². The summed E-state index contributed by atoms with van der Waals surface area (Å²) < 4.78 is 0. The lowest BCUT2D eigenvalue weighted by Crippen LogP contribution is -1.82. The lowest BCUT2D eigenvalue weighted by Gasteiger charge is -1.88. The van der Waals surface area contributed by atoms with Gasteiger partial charge in [-0.25, -0.2) is 0 Å². The molecule has 0 N–H and O–H groups in total. The maximum atomic E-state index is 4.10. The van der Waals surface area contributed by atoms with Crippen molar-refractivity contribution in [2.45, 2.75) is 34.6 Å². The zero-order valence-electron chi connectivity index (χ0n) is 8.31. The highest BCUT2D eigenvalue weighted by Crippen LogP contribution is 1.90. The molecule has 0 saturated carbocycles.